The highest BCUT2D eigenvalue weighted by atomic mass is 16.5. The topological polar surface area (TPSA) is 79.3 Å². The zero-order valence-corrected chi connectivity index (χ0v) is 12.1. The quantitative estimate of drug-likeness (QED) is 0.605. The number of carbonyl (C=O) groups excluding carboxylic acids is 3. The monoisotopic (exact) mass is 299 g/mol. The maximum Gasteiger partial charge on any atom is 0.352 e. The fourth-order valence-electron chi connectivity index (χ4n) is 2.41. The SMILES string of the molecule is COC(=O)C1=C2C(=O)N(C)C(=O)N2N=C(c2ccccc2)C1. The standard InChI is InChI=1S/C15H13N3O4/c1-17-13(19)12-10(14(20)22-2)8-11(16-18(12)15(17)21)9-6-4-3-5-7-9/h3-7H,8H2,1-2H3. The number of hydrazone groups is 1. The molecule has 1 saturated heterocycles. The molecule has 3 rings (SSSR count). The van der Waals surface area contributed by atoms with Gasteiger partial charge in [0.25, 0.3) is 5.91 Å². The van der Waals surface area contributed by atoms with Gasteiger partial charge in [0.05, 0.1) is 18.4 Å². The molecule has 0 bridgehead atoms. The summed E-state index contributed by atoms with van der Waals surface area (Å²) in [6.07, 6.45) is 0.134. The van der Waals surface area contributed by atoms with E-state index in [4.69, 9.17) is 4.74 Å². The number of benzene rings is 1. The number of likely N-dealkylation sites (N-methyl/N-ethyl adjacent to an activating group) is 1. The Balaban J connectivity index is 2.12. The predicted molar refractivity (Wildman–Crippen MR) is 76.6 cm³/mol. The molecule has 3 amide bonds. The van der Waals surface area contributed by atoms with Crippen molar-refractivity contribution in [3.63, 3.8) is 0 Å². The van der Waals surface area contributed by atoms with Gasteiger partial charge < -0.3 is 4.74 Å². The largest absolute Gasteiger partial charge is 0.466 e. The number of urea groups is 1. The third kappa shape index (κ3) is 1.98. The van der Waals surface area contributed by atoms with Crippen LogP contribution in [0.5, 0.6) is 0 Å². The Morgan fingerprint density at radius 2 is 1.91 bits per heavy atom. The Hall–Kier alpha value is -2.96. The molecule has 0 unspecified atom stereocenters. The fourth-order valence-corrected chi connectivity index (χ4v) is 2.41. The van der Waals surface area contributed by atoms with Gasteiger partial charge >= 0.3 is 12.0 Å². The zero-order chi connectivity index (χ0) is 15.9. The van der Waals surface area contributed by atoms with Crippen LogP contribution in [0.15, 0.2) is 46.7 Å². The van der Waals surface area contributed by atoms with Crippen LogP contribution >= 0.6 is 0 Å². The highest BCUT2D eigenvalue weighted by Gasteiger charge is 2.45. The van der Waals surface area contributed by atoms with Crippen LogP contribution in [0.1, 0.15) is 12.0 Å². The van der Waals surface area contributed by atoms with E-state index in [0.29, 0.717) is 5.71 Å². The maximum atomic E-state index is 12.2. The second-order valence-electron chi connectivity index (χ2n) is 4.87. The van der Waals surface area contributed by atoms with E-state index < -0.39 is 17.9 Å². The third-order valence-electron chi connectivity index (χ3n) is 3.58. The molecule has 1 aromatic rings. The molecule has 0 aromatic heterocycles. The molecule has 0 N–H and O–H groups in total. The minimum absolute atomic E-state index is 0.0287. The van der Waals surface area contributed by atoms with Gasteiger partial charge in [-0.3, -0.25) is 9.69 Å². The highest BCUT2D eigenvalue weighted by Crippen LogP contribution is 2.31. The lowest BCUT2D eigenvalue weighted by atomic mass is 9.99. The van der Waals surface area contributed by atoms with E-state index in [1.165, 1.54) is 14.2 Å². The molecule has 2 aliphatic rings. The predicted octanol–water partition coefficient (Wildman–Crippen LogP) is 1.12. The van der Waals surface area contributed by atoms with Crippen molar-refractivity contribution in [2.75, 3.05) is 14.2 Å². The first-order valence-corrected chi connectivity index (χ1v) is 6.61. The van der Waals surface area contributed by atoms with Gasteiger partial charge in [0.15, 0.2) is 0 Å². The van der Waals surface area contributed by atoms with Crippen molar-refractivity contribution in [2.45, 2.75) is 6.42 Å². The van der Waals surface area contributed by atoms with Crippen LogP contribution in [-0.4, -0.2) is 47.7 Å². The van der Waals surface area contributed by atoms with Crippen LogP contribution in [0.3, 0.4) is 0 Å². The molecule has 7 nitrogen and oxygen atoms in total. The number of hydrogen-bond acceptors (Lipinski definition) is 5. The second kappa shape index (κ2) is 5.10. The minimum atomic E-state index is -0.639. The number of hydrogen-bond donors (Lipinski definition) is 0. The van der Waals surface area contributed by atoms with E-state index in [-0.39, 0.29) is 17.7 Å². The summed E-state index contributed by atoms with van der Waals surface area (Å²) < 4.78 is 4.74. The molecule has 0 aliphatic carbocycles. The fraction of sp³-hybridized carbons (Fsp3) is 0.200. The summed E-state index contributed by atoms with van der Waals surface area (Å²) >= 11 is 0. The first-order valence-electron chi connectivity index (χ1n) is 6.61. The van der Waals surface area contributed by atoms with Gasteiger partial charge in [-0.05, 0) is 5.56 Å². The lowest BCUT2D eigenvalue weighted by molar-refractivity contribution is -0.136. The van der Waals surface area contributed by atoms with E-state index in [0.717, 1.165) is 15.5 Å². The number of esters is 1. The lowest BCUT2D eigenvalue weighted by Crippen LogP contribution is -2.30. The smallest absolute Gasteiger partial charge is 0.352 e. The molecule has 0 atom stereocenters. The van der Waals surface area contributed by atoms with Gasteiger partial charge in [0.2, 0.25) is 0 Å². The summed E-state index contributed by atoms with van der Waals surface area (Å²) in [6, 6.07) is 8.58. The van der Waals surface area contributed by atoms with Crippen LogP contribution in [0.4, 0.5) is 4.79 Å². The van der Waals surface area contributed by atoms with Crippen molar-refractivity contribution < 1.29 is 19.1 Å². The average Bonchev–Trinajstić information content (AvgIpc) is 2.79. The summed E-state index contributed by atoms with van der Waals surface area (Å²) in [5.41, 5.74) is 1.41. The molecule has 2 heterocycles. The number of methoxy groups -OCH3 is 1. The Morgan fingerprint density at radius 1 is 1.23 bits per heavy atom. The minimum Gasteiger partial charge on any atom is -0.466 e. The van der Waals surface area contributed by atoms with Gasteiger partial charge in [-0.25, -0.2) is 9.59 Å². The summed E-state index contributed by atoms with van der Waals surface area (Å²) in [5.74, 6) is -1.19. The second-order valence-corrected chi connectivity index (χ2v) is 4.87. The average molecular weight is 299 g/mol. The van der Waals surface area contributed by atoms with Crippen LogP contribution in [0, 0.1) is 0 Å². The van der Waals surface area contributed by atoms with Gasteiger partial charge in [-0.15, -0.1) is 0 Å². The number of amides is 3. The summed E-state index contributed by atoms with van der Waals surface area (Å²) in [4.78, 5) is 37.2. The van der Waals surface area contributed by atoms with Crippen LogP contribution < -0.4 is 0 Å². The maximum absolute atomic E-state index is 12.2. The lowest BCUT2D eigenvalue weighted by Gasteiger charge is -2.20. The number of nitrogens with zero attached hydrogens (tertiary/aromatic N) is 3. The van der Waals surface area contributed by atoms with Crippen molar-refractivity contribution in [3.8, 4) is 0 Å². The Bertz CT molecular complexity index is 736. The molecule has 0 radical (unpaired) electrons. The number of fused-ring (bicyclic) bond motifs is 1. The highest BCUT2D eigenvalue weighted by molar-refractivity contribution is 6.19. The third-order valence-corrected chi connectivity index (χ3v) is 3.58. The Kier molecular flexibility index (Phi) is 3.25. The van der Waals surface area contributed by atoms with Crippen molar-refractivity contribution in [1.29, 1.82) is 0 Å². The first-order chi connectivity index (χ1) is 10.5. The molecule has 0 saturated carbocycles. The Labute approximate surface area is 126 Å². The molecule has 7 heteroatoms. The van der Waals surface area contributed by atoms with Crippen LogP contribution in [-0.2, 0) is 14.3 Å². The Morgan fingerprint density at radius 3 is 2.55 bits per heavy atom. The molecule has 112 valence electrons. The molecule has 22 heavy (non-hydrogen) atoms. The van der Waals surface area contributed by atoms with Gasteiger partial charge in [-0.2, -0.15) is 10.1 Å². The molecular weight excluding hydrogens is 286 g/mol. The summed E-state index contributed by atoms with van der Waals surface area (Å²) in [5, 5.41) is 5.21. The first kappa shape index (κ1) is 14.0. The van der Waals surface area contributed by atoms with Crippen LogP contribution in [0.25, 0.3) is 0 Å². The van der Waals surface area contributed by atoms with Crippen molar-refractivity contribution in [1.82, 2.24) is 9.91 Å². The summed E-state index contributed by atoms with van der Waals surface area (Å²) in [7, 11) is 2.59. The number of carbonyl (C=O) groups is 3. The van der Waals surface area contributed by atoms with E-state index in [1.807, 2.05) is 30.3 Å². The van der Waals surface area contributed by atoms with E-state index in [9.17, 15) is 14.4 Å². The number of imide groups is 1. The molecule has 0 spiro atoms. The van der Waals surface area contributed by atoms with E-state index >= 15 is 0 Å². The molecule has 1 fully saturated rings. The van der Waals surface area contributed by atoms with Gasteiger partial charge in [0.1, 0.15) is 5.70 Å². The number of rotatable bonds is 2. The van der Waals surface area contributed by atoms with Crippen LogP contribution in [0.2, 0.25) is 0 Å². The summed E-state index contributed by atoms with van der Waals surface area (Å²) in [6.45, 7) is 0. The van der Waals surface area contributed by atoms with Gasteiger partial charge in [-0.1, -0.05) is 30.3 Å². The molecule has 2 aliphatic heterocycles. The van der Waals surface area contributed by atoms with Crippen molar-refractivity contribution >= 4 is 23.6 Å². The van der Waals surface area contributed by atoms with Crippen molar-refractivity contribution in [3.05, 3.63) is 47.2 Å². The van der Waals surface area contributed by atoms with E-state index in [1.54, 1.807) is 0 Å². The normalized spacial score (nSPS) is 17.6. The molecular formula is C15H13N3O4. The van der Waals surface area contributed by atoms with Gasteiger partial charge in [0, 0.05) is 13.5 Å². The van der Waals surface area contributed by atoms with E-state index in [2.05, 4.69) is 5.10 Å². The zero-order valence-electron chi connectivity index (χ0n) is 12.1. The van der Waals surface area contributed by atoms with Crippen molar-refractivity contribution in [2.24, 2.45) is 5.10 Å². The molecule has 1 aromatic carbocycles. The number of ether oxygens (including phenoxy) is 1.